The summed E-state index contributed by atoms with van der Waals surface area (Å²) in [6.07, 6.45) is 5.87. The monoisotopic (exact) mass is 384 g/mol. The molecule has 0 aliphatic heterocycles. The van der Waals surface area contributed by atoms with E-state index in [9.17, 15) is 4.79 Å². The van der Waals surface area contributed by atoms with Gasteiger partial charge in [0.2, 0.25) is 0 Å². The van der Waals surface area contributed by atoms with Crippen LogP contribution < -0.4 is 5.32 Å². The van der Waals surface area contributed by atoms with Crippen LogP contribution >= 0.6 is 15.9 Å². The zero-order valence-electron chi connectivity index (χ0n) is 13.2. The van der Waals surface area contributed by atoms with Gasteiger partial charge in [-0.1, -0.05) is 31.2 Å². The molecule has 6 heteroatoms. The van der Waals surface area contributed by atoms with E-state index in [0.29, 0.717) is 17.9 Å². The molecule has 5 nitrogen and oxygen atoms in total. The summed E-state index contributed by atoms with van der Waals surface area (Å²) in [5.41, 5.74) is 2.93. The predicted molar refractivity (Wildman–Crippen MR) is 97.0 cm³/mol. The average molecular weight is 385 g/mol. The molecule has 3 aromatic rings. The van der Waals surface area contributed by atoms with Gasteiger partial charge in [-0.3, -0.25) is 9.78 Å². The van der Waals surface area contributed by atoms with Crippen molar-refractivity contribution in [2.24, 2.45) is 0 Å². The van der Waals surface area contributed by atoms with Crippen LogP contribution in [0.15, 0.2) is 59.5 Å². The van der Waals surface area contributed by atoms with Gasteiger partial charge in [0.15, 0.2) is 0 Å². The van der Waals surface area contributed by atoms with E-state index in [0.717, 1.165) is 16.5 Å². The number of carbonyl (C=O) groups excluding carboxylic acids is 1. The standard InChI is InChI=1S/C18H17BrN4O/c1-2-13-3-5-14(6-4-13)12-23-17(7-8-21-23)22-18(24)15-9-16(19)11-20-10-15/h3-11H,2,12H2,1H3,(H,22,24). The normalized spacial score (nSPS) is 10.6. The lowest BCUT2D eigenvalue weighted by atomic mass is 10.1. The third-order valence-electron chi connectivity index (χ3n) is 3.69. The van der Waals surface area contributed by atoms with Crippen molar-refractivity contribution in [2.45, 2.75) is 19.9 Å². The lowest BCUT2D eigenvalue weighted by Gasteiger charge is -2.09. The van der Waals surface area contributed by atoms with Crippen molar-refractivity contribution >= 4 is 27.7 Å². The number of hydrogen-bond donors (Lipinski definition) is 1. The molecule has 0 saturated carbocycles. The lowest BCUT2D eigenvalue weighted by molar-refractivity contribution is 0.102. The maximum atomic E-state index is 12.3. The molecule has 1 N–H and O–H groups in total. The van der Waals surface area contributed by atoms with Crippen molar-refractivity contribution < 1.29 is 4.79 Å². The first-order valence-electron chi connectivity index (χ1n) is 7.67. The SMILES string of the molecule is CCc1ccc(Cn2nccc2NC(=O)c2cncc(Br)c2)cc1. The second kappa shape index (κ2) is 7.40. The van der Waals surface area contributed by atoms with E-state index in [1.165, 1.54) is 11.8 Å². The topological polar surface area (TPSA) is 59.8 Å². The maximum Gasteiger partial charge on any atom is 0.258 e. The van der Waals surface area contributed by atoms with Crippen molar-refractivity contribution in [1.82, 2.24) is 14.8 Å². The van der Waals surface area contributed by atoms with Crippen molar-refractivity contribution in [2.75, 3.05) is 5.32 Å². The number of aromatic nitrogens is 3. The number of nitrogens with one attached hydrogen (secondary N) is 1. The summed E-state index contributed by atoms with van der Waals surface area (Å²) in [6.45, 7) is 2.73. The smallest absolute Gasteiger partial charge is 0.258 e. The number of amides is 1. The number of anilines is 1. The molecule has 0 saturated heterocycles. The van der Waals surface area contributed by atoms with Crippen LogP contribution in [0, 0.1) is 0 Å². The number of aryl methyl sites for hydroxylation is 1. The van der Waals surface area contributed by atoms with Gasteiger partial charge in [-0.15, -0.1) is 0 Å². The Hall–Kier alpha value is -2.47. The molecule has 2 heterocycles. The third kappa shape index (κ3) is 3.89. The molecular formula is C18H17BrN4O. The molecule has 0 aliphatic rings. The number of hydrogen-bond acceptors (Lipinski definition) is 3. The van der Waals surface area contributed by atoms with Crippen LogP contribution in [0.4, 0.5) is 5.82 Å². The van der Waals surface area contributed by atoms with Crippen LogP contribution in [0.5, 0.6) is 0 Å². The highest BCUT2D eigenvalue weighted by Crippen LogP contribution is 2.14. The number of benzene rings is 1. The van der Waals surface area contributed by atoms with Gasteiger partial charge in [-0.2, -0.15) is 5.10 Å². The van der Waals surface area contributed by atoms with Gasteiger partial charge in [-0.05, 0) is 39.5 Å². The highest BCUT2D eigenvalue weighted by atomic mass is 79.9. The van der Waals surface area contributed by atoms with Gasteiger partial charge in [0.25, 0.3) is 5.91 Å². The van der Waals surface area contributed by atoms with Crippen LogP contribution in [0.25, 0.3) is 0 Å². The van der Waals surface area contributed by atoms with E-state index in [-0.39, 0.29) is 5.91 Å². The minimum absolute atomic E-state index is 0.216. The Morgan fingerprint density at radius 3 is 2.62 bits per heavy atom. The van der Waals surface area contributed by atoms with Crippen molar-refractivity contribution in [3.05, 3.63) is 76.2 Å². The number of nitrogens with zero attached hydrogens (tertiary/aromatic N) is 3. The zero-order chi connectivity index (χ0) is 16.9. The Bertz CT molecular complexity index is 842. The maximum absolute atomic E-state index is 12.3. The summed E-state index contributed by atoms with van der Waals surface area (Å²) in [5, 5.41) is 7.17. The van der Waals surface area contributed by atoms with Crippen LogP contribution in [0.3, 0.4) is 0 Å². The molecular weight excluding hydrogens is 368 g/mol. The first kappa shape index (κ1) is 16.4. The van der Waals surface area contributed by atoms with Crippen LogP contribution in [0.1, 0.15) is 28.4 Å². The summed E-state index contributed by atoms with van der Waals surface area (Å²) in [5.74, 6) is 0.437. The van der Waals surface area contributed by atoms with Crippen LogP contribution in [-0.2, 0) is 13.0 Å². The van der Waals surface area contributed by atoms with Gasteiger partial charge >= 0.3 is 0 Å². The first-order valence-corrected chi connectivity index (χ1v) is 8.46. The molecule has 0 atom stereocenters. The fourth-order valence-electron chi connectivity index (χ4n) is 2.34. The molecule has 0 unspecified atom stereocenters. The Balaban J connectivity index is 1.74. The van der Waals surface area contributed by atoms with Gasteiger partial charge in [0.05, 0.1) is 18.3 Å². The lowest BCUT2D eigenvalue weighted by Crippen LogP contribution is -2.16. The van der Waals surface area contributed by atoms with Gasteiger partial charge in [0.1, 0.15) is 5.82 Å². The van der Waals surface area contributed by atoms with Gasteiger partial charge in [0, 0.05) is 22.9 Å². The predicted octanol–water partition coefficient (Wildman–Crippen LogP) is 3.90. The molecule has 24 heavy (non-hydrogen) atoms. The molecule has 0 radical (unpaired) electrons. The summed E-state index contributed by atoms with van der Waals surface area (Å²) in [4.78, 5) is 16.4. The Morgan fingerprint density at radius 1 is 1.17 bits per heavy atom. The fraction of sp³-hybridized carbons (Fsp3) is 0.167. The minimum Gasteiger partial charge on any atom is -0.307 e. The highest BCUT2D eigenvalue weighted by molar-refractivity contribution is 9.10. The Labute approximate surface area is 148 Å². The average Bonchev–Trinajstić information content (AvgIpc) is 3.02. The molecule has 0 spiro atoms. The first-order chi connectivity index (χ1) is 11.7. The van der Waals surface area contributed by atoms with Crippen molar-refractivity contribution in [3.8, 4) is 0 Å². The van der Waals surface area contributed by atoms with E-state index in [2.05, 4.69) is 62.5 Å². The highest BCUT2D eigenvalue weighted by Gasteiger charge is 2.10. The van der Waals surface area contributed by atoms with Crippen LogP contribution in [0.2, 0.25) is 0 Å². The second-order valence-electron chi connectivity index (χ2n) is 5.39. The van der Waals surface area contributed by atoms with E-state index in [1.54, 1.807) is 29.2 Å². The summed E-state index contributed by atoms with van der Waals surface area (Å²) >= 11 is 3.32. The molecule has 1 aromatic carbocycles. The van der Waals surface area contributed by atoms with E-state index in [4.69, 9.17) is 0 Å². The Kier molecular flexibility index (Phi) is 5.05. The van der Waals surface area contributed by atoms with Gasteiger partial charge < -0.3 is 5.32 Å². The quantitative estimate of drug-likeness (QED) is 0.725. The number of halogens is 1. The molecule has 0 aliphatic carbocycles. The molecule has 3 rings (SSSR count). The van der Waals surface area contributed by atoms with Crippen molar-refractivity contribution in [3.63, 3.8) is 0 Å². The molecule has 1 amide bonds. The molecule has 122 valence electrons. The zero-order valence-corrected chi connectivity index (χ0v) is 14.8. The van der Waals surface area contributed by atoms with Gasteiger partial charge in [-0.25, -0.2) is 4.68 Å². The number of rotatable bonds is 5. The Morgan fingerprint density at radius 2 is 1.92 bits per heavy atom. The molecule has 0 fully saturated rings. The fourth-order valence-corrected chi connectivity index (χ4v) is 2.71. The summed E-state index contributed by atoms with van der Waals surface area (Å²) < 4.78 is 2.53. The molecule has 2 aromatic heterocycles. The van der Waals surface area contributed by atoms with E-state index < -0.39 is 0 Å². The van der Waals surface area contributed by atoms with Crippen LogP contribution in [-0.4, -0.2) is 20.7 Å². The second-order valence-corrected chi connectivity index (χ2v) is 6.31. The number of pyridine rings is 1. The number of carbonyl (C=O) groups is 1. The largest absolute Gasteiger partial charge is 0.307 e. The van der Waals surface area contributed by atoms with E-state index in [1.807, 2.05) is 0 Å². The van der Waals surface area contributed by atoms with Crippen molar-refractivity contribution in [1.29, 1.82) is 0 Å². The molecule has 0 bridgehead atoms. The summed E-state index contributed by atoms with van der Waals surface area (Å²) in [6, 6.07) is 11.9. The summed E-state index contributed by atoms with van der Waals surface area (Å²) in [7, 11) is 0. The van der Waals surface area contributed by atoms with E-state index >= 15 is 0 Å². The minimum atomic E-state index is -0.216. The third-order valence-corrected chi connectivity index (χ3v) is 4.12.